The topological polar surface area (TPSA) is 64.7 Å². The summed E-state index contributed by atoms with van der Waals surface area (Å²) in [4.78, 5) is 12.5. The van der Waals surface area contributed by atoms with E-state index in [1.165, 1.54) is 4.68 Å². The molecular weight excluding hydrogens is 503 g/mol. The molecule has 0 spiro atoms. The molecule has 1 amide bonds. The lowest BCUT2D eigenvalue weighted by atomic mass is 10.2. The first-order valence-corrected chi connectivity index (χ1v) is 10.7. The Bertz CT molecular complexity index is 1080. The summed E-state index contributed by atoms with van der Waals surface area (Å²) >= 11 is 15.3. The second-order valence-electron chi connectivity index (χ2n) is 7.01. The first-order chi connectivity index (χ1) is 14.3. The molecule has 0 bridgehead atoms. The maximum Gasteiger partial charge on any atom is 0.283 e. The first-order valence-electron chi connectivity index (χ1n) is 9.13. The van der Waals surface area contributed by atoms with Crippen molar-refractivity contribution in [2.24, 2.45) is 0 Å². The zero-order valence-electron chi connectivity index (χ0n) is 15.5. The zero-order valence-corrected chi connectivity index (χ0v) is 18.6. The second-order valence-corrected chi connectivity index (χ2v) is 8.65. The molecule has 0 saturated heterocycles. The summed E-state index contributed by atoms with van der Waals surface area (Å²) in [6.45, 7) is 0.236. The number of hydrogen-bond acceptors (Lipinski definition) is 3. The normalized spacial score (nSPS) is 13.8. The van der Waals surface area contributed by atoms with Crippen LogP contribution < -0.4 is 5.32 Å². The lowest BCUT2D eigenvalue weighted by Gasteiger charge is -2.07. The number of nitrogens with zero attached hydrogens (tertiary/aromatic N) is 4. The minimum Gasteiger partial charge on any atom is -0.306 e. The predicted molar refractivity (Wildman–Crippen MR) is 113 cm³/mol. The highest BCUT2D eigenvalue weighted by Gasteiger charge is 2.34. The third-order valence-electron chi connectivity index (χ3n) is 4.65. The molecule has 0 radical (unpaired) electrons. The Morgan fingerprint density at radius 1 is 1.23 bits per heavy atom. The molecular formula is C19H16BrCl2F2N5O. The van der Waals surface area contributed by atoms with Gasteiger partial charge >= 0.3 is 0 Å². The molecule has 0 unspecified atom stereocenters. The molecule has 2 aromatic heterocycles. The lowest BCUT2D eigenvalue weighted by molar-refractivity contribution is -0.117. The maximum absolute atomic E-state index is 13.2. The number of hydrogen-bond donors (Lipinski definition) is 1. The Kier molecular flexibility index (Phi) is 6.13. The number of rotatable bonds is 7. The number of halogens is 5. The molecule has 0 aliphatic heterocycles. The van der Waals surface area contributed by atoms with Crippen LogP contribution in [0.1, 0.15) is 42.1 Å². The average molecular weight is 519 g/mol. The monoisotopic (exact) mass is 517 g/mol. The summed E-state index contributed by atoms with van der Waals surface area (Å²) < 4.78 is 29.6. The molecule has 1 saturated carbocycles. The highest BCUT2D eigenvalue weighted by atomic mass is 79.9. The van der Waals surface area contributed by atoms with Gasteiger partial charge in [-0.1, -0.05) is 35.3 Å². The Hall–Kier alpha value is -1.97. The predicted octanol–water partition coefficient (Wildman–Crippen LogP) is 5.65. The second kappa shape index (κ2) is 8.64. The van der Waals surface area contributed by atoms with Crippen LogP contribution in [-0.2, 0) is 17.9 Å². The van der Waals surface area contributed by atoms with Gasteiger partial charge in [-0.2, -0.15) is 10.2 Å². The van der Waals surface area contributed by atoms with Crippen LogP contribution in [0.3, 0.4) is 0 Å². The Balaban J connectivity index is 1.46. The molecule has 1 fully saturated rings. The van der Waals surface area contributed by atoms with E-state index in [-0.39, 0.29) is 33.5 Å². The van der Waals surface area contributed by atoms with Gasteiger partial charge in [-0.15, -0.1) is 0 Å². The molecule has 3 aromatic rings. The standard InChI is InChI=1S/C19H16BrCl2F2N5O/c20-15-16(18(23)24)26-29(17(15)11-3-4-11)9-14(30)25-19-13(22)8-28(27-19)7-10-1-5-12(21)6-2-10/h1-2,5-6,8,11,18H,3-4,7,9H2,(H,25,27,30). The van der Waals surface area contributed by atoms with Crippen LogP contribution in [0.5, 0.6) is 0 Å². The van der Waals surface area contributed by atoms with Crippen LogP contribution >= 0.6 is 39.1 Å². The fourth-order valence-electron chi connectivity index (χ4n) is 3.13. The quantitative estimate of drug-likeness (QED) is 0.439. The summed E-state index contributed by atoms with van der Waals surface area (Å²) in [5.41, 5.74) is 1.24. The number of carbonyl (C=O) groups is 1. The van der Waals surface area contributed by atoms with Crippen LogP contribution in [0, 0.1) is 0 Å². The van der Waals surface area contributed by atoms with Gasteiger partial charge in [-0.05, 0) is 46.5 Å². The van der Waals surface area contributed by atoms with Gasteiger partial charge in [0.05, 0.1) is 16.7 Å². The minimum atomic E-state index is -2.72. The van der Waals surface area contributed by atoms with E-state index < -0.39 is 12.3 Å². The van der Waals surface area contributed by atoms with E-state index in [4.69, 9.17) is 23.2 Å². The Labute approximate surface area is 189 Å². The molecule has 0 atom stereocenters. The minimum absolute atomic E-state index is 0.134. The third kappa shape index (κ3) is 4.68. The van der Waals surface area contributed by atoms with Gasteiger partial charge < -0.3 is 5.32 Å². The van der Waals surface area contributed by atoms with E-state index in [0.717, 1.165) is 18.4 Å². The fourth-order valence-corrected chi connectivity index (χ4v) is 4.23. The molecule has 1 aliphatic rings. The smallest absolute Gasteiger partial charge is 0.283 e. The van der Waals surface area contributed by atoms with Gasteiger partial charge in [0, 0.05) is 17.1 Å². The molecule has 1 aromatic carbocycles. The number of nitrogens with one attached hydrogen (secondary N) is 1. The van der Waals surface area contributed by atoms with E-state index in [9.17, 15) is 13.6 Å². The van der Waals surface area contributed by atoms with Crippen molar-refractivity contribution in [2.45, 2.75) is 38.3 Å². The number of benzene rings is 1. The Morgan fingerprint density at radius 3 is 2.57 bits per heavy atom. The molecule has 2 heterocycles. The highest BCUT2D eigenvalue weighted by molar-refractivity contribution is 9.10. The average Bonchev–Trinajstić information content (AvgIpc) is 3.38. The molecule has 1 aliphatic carbocycles. The van der Waals surface area contributed by atoms with Gasteiger partial charge in [0.2, 0.25) is 5.91 Å². The molecule has 158 valence electrons. The van der Waals surface area contributed by atoms with Gasteiger partial charge in [-0.3, -0.25) is 14.2 Å². The first kappa shape index (κ1) is 21.3. The maximum atomic E-state index is 13.2. The molecule has 11 heteroatoms. The fraction of sp³-hybridized carbons (Fsp3) is 0.316. The zero-order chi connectivity index (χ0) is 21.4. The summed E-state index contributed by atoms with van der Waals surface area (Å²) in [5.74, 6) is -0.121. The number of anilines is 1. The summed E-state index contributed by atoms with van der Waals surface area (Å²) in [5, 5.41) is 11.8. The van der Waals surface area contributed by atoms with Crippen LogP contribution in [0.4, 0.5) is 14.6 Å². The van der Waals surface area contributed by atoms with Crippen molar-refractivity contribution in [1.29, 1.82) is 0 Å². The van der Waals surface area contributed by atoms with E-state index in [1.807, 2.05) is 12.1 Å². The van der Waals surface area contributed by atoms with E-state index in [1.54, 1.807) is 23.0 Å². The Morgan fingerprint density at radius 2 is 1.93 bits per heavy atom. The number of alkyl halides is 2. The number of carbonyl (C=O) groups excluding carboxylic acids is 1. The van der Waals surface area contributed by atoms with E-state index in [0.29, 0.717) is 17.3 Å². The highest BCUT2D eigenvalue weighted by Crippen LogP contribution is 2.45. The third-order valence-corrected chi connectivity index (χ3v) is 5.99. The largest absolute Gasteiger partial charge is 0.306 e. The van der Waals surface area contributed by atoms with Crippen LogP contribution in [0.15, 0.2) is 34.9 Å². The van der Waals surface area contributed by atoms with E-state index in [2.05, 4.69) is 31.4 Å². The van der Waals surface area contributed by atoms with Gasteiger partial charge in [0.15, 0.2) is 5.82 Å². The van der Waals surface area contributed by atoms with Gasteiger partial charge in [-0.25, -0.2) is 8.78 Å². The van der Waals surface area contributed by atoms with E-state index >= 15 is 0 Å². The lowest BCUT2D eigenvalue weighted by Crippen LogP contribution is -2.21. The van der Waals surface area contributed by atoms with Gasteiger partial charge in [0.1, 0.15) is 17.3 Å². The van der Waals surface area contributed by atoms with Crippen molar-refractivity contribution in [1.82, 2.24) is 19.6 Å². The molecule has 1 N–H and O–H groups in total. The van der Waals surface area contributed by atoms with Crippen molar-refractivity contribution < 1.29 is 13.6 Å². The van der Waals surface area contributed by atoms with Crippen molar-refractivity contribution in [3.8, 4) is 0 Å². The summed E-state index contributed by atoms with van der Waals surface area (Å²) in [6.07, 6.45) is 0.644. The van der Waals surface area contributed by atoms with Crippen LogP contribution in [0.2, 0.25) is 10.0 Å². The molecule has 6 nitrogen and oxygen atoms in total. The van der Waals surface area contributed by atoms with Crippen LogP contribution in [0.25, 0.3) is 0 Å². The molecule has 30 heavy (non-hydrogen) atoms. The summed E-state index contributed by atoms with van der Waals surface area (Å²) in [7, 11) is 0. The van der Waals surface area contributed by atoms with Crippen LogP contribution in [-0.4, -0.2) is 25.5 Å². The van der Waals surface area contributed by atoms with Crippen molar-refractivity contribution >= 4 is 50.9 Å². The number of aromatic nitrogens is 4. The summed E-state index contributed by atoms with van der Waals surface area (Å²) in [6, 6.07) is 7.29. The van der Waals surface area contributed by atoms with Crippen molar-refractivity contribution in [3.63, 3.8) is 0 Å². The molecule has 4 rings (SSSR count). The van der Waals surface area contributed by atoms with Crippen molar-refractivity contribution in [3.05, 3.63) is 61.9 Å². The van der Waals surface area contributed by atoms with Crippen molar-refractivity contribution in [2.75, 3.05) is 5.32 Å². The SMILES string of the molecule is O=C(Cn1nc(C(F)F)c(Br)c1C1CC1)Nc1nn(Cc2ccc(Cl)cc2)cc1Cl. The number of amides is 1. The van der Waals surface area contributed by atoms with Gasteiger partial charge in [0.25, 0.3) is 6.43 Å².